The third-order valence-corrected chi connectivity index (χ3v) is 5.28. The largest absolute Gasteiger partial charge is 0.352 e. The molecule has 0 bridgehead atoms. The highest BCUT2D eigenvalue weighted by molar-refractivity contribution is 14.0. The fourth-order valence-corrected chi connectivity index (χ4v) is 3.61. The summed E-state index contributed by atoms with van der Waals surface area (Å²) >= 11 is 1.84. The average molecular weight is 464 g/mol. The monoisotopic (exact) mass is 464 g/mol. The maximum absolute atomic E-state index is 12.0. The molecule has 1 saturated heterocycles. The van der Waals surface area contributed by atoms with Gasteiger partial charge in [-0.05, 0) is 25.0 Å². The normalized spacial score (nSPS) is 17.8. The molecule has 0 aromatic carbocycles. The molecule has 1 aliphatic rings. The standard InChI is InChI=1S/C17H28N4OS.HI/c1-5-14-6-7-15(23-14)10-19-17(18-4)20-13-8-9-21(11-13)16(22)12(2)3;/h6-7,12-13H,5,8-11H2,1-4H3,(H2,18,19,20);1H. The van der Waals surface area contributed by atoms with Crippen LogP contribution in [0.2, 0.25) is 0 Å². The van der Waals surface area contributed by atoms with Gasteiger partial charge in [0.15, 0.2) is 5.96 Å². The lowest BCUT2D eigenvalue weighted by atomic mass is 10.2. The highest BCUT2D eigenvalue weighted by Gasteiger charge is 2.27. The maximum atomic E-state index is 12.0. The van der Waals surface area contributed by atoms with Gasteiger partial charge in [-0.1, -0.05) is 20.8 Å². The lowest BCUT2D eigenvalue weighted by Gasteiger charge is -2.20. The average Bonchev–Trinajstić information content (AvgIpc) is 3.19. The molecule has 1 unspecified atom stereocenters. The van der Waals surface area contributed by atoms with Crippen LogP contribution in [0.15, 0.2) is 17.1 Å². The number of likely N-dealkylation sites (tertiary alicyclic amines) is 1. The van der Waals surface area contributed by atoms with Crippen molar-refractivity contribution in [3.8, 4) is 0 Å². The lowest BCUT2D eigenvalue weighted by Crippen LogP contribution is -2.45. The van der Waals surface area contributed by atoms with Crippen molar-refractivity contribution in [2.24, 2.45) is 10.9 Å². The molecule has 0 spiro atoms. The lowest BCUT2D eigenvalue weighted by molar-refractivity contribution is -0.133. The van der Waals surface area contributed by atoms with Crippen LogP contribution in [-0.2, 0) is 17.8 Å². The van der Waals surface area contributed by atoms with E-state index in [4.69, 9.17) is 0 Å². The topological polar surface area (TPSA) is 56.7 Å². The van der Waals surface area contributed by atoms with E-state index >= 15 is 0 Å². The Bertz CT molecular complexity index is 559. The molecule has 2 N–H and O–H groups in total. The van der Waals surface area contributed by atoms with Crippen LogP contribution in [0.3, 0.4) is 0 Å². The number of nitrogens with one attached hydrogen (secondary N) is 2. The number of carbonyl (C=O) groups excluding carboxylic acids is 1. The molecule has 7 heteroatoms. The van der Waals surface area contributed by atoms with Gasteiger partial charge in [-0.25, -0.2) is 0 Å². The first-order valence-electron chi connectivity index (χ1n) is 8.37. The van der Waals surface area contributed by atoms with Crippen LogP contribution < -0.4 is 10.6 Å². The van der Waals surface area contributed by atoms with Crippen molar-refractivity contribution in [1.29, 1.82) is 0 Å². The van der Waals surface area contributed by atoms with E-state index in [2.05, 4.69) is 34.7 Å². The van der Waals surface area contributed by atoms with Gasteiger partial charge in [0.2, 0.25) is 5.91 Å². The zero-order valence-electron chi connectivity index (χ0n) is 15.0. The van der Waals surface area contributed by atoms with Crippen LogP contribution in [0.5, 0.6) is 0 Å². The Morgan fingerprint density at radius 1 is 1.42 bits per heavy atom. The Kier molecular flexibility index (Phi) is 9.04. The van der Waals surface area contributed by atoms with Crippen molar-refractivity contribution in [3.63, 3.8) is 0 Å². The van der Waals surface area contributed by atoms with Gasteiger partial charge >= 0.3 is 0 Å². The summed E-state index contributed by atoms with van der Waals surface area (Å²) in [6, 6.07) is 4.63. The first-order chi connectivity index (χ1) is 11.0. The third-order valence-electron chi connectivity index (χ3n) is 4.05. The van der Waals surface area contributed by atoms with Crippen LogP contribution in [0.4, 0.5) is 0 Å². The van der Waals surface area contributed by atoms with Gasteiger partial charge in [0, 0.05) is 41.9 Å². The Hall–Kier alpha value is -0.830. The molecule has 2 rings (SSSR count). The SMILES string of the molecule is CCc1ccc(CNC(=NC)NC2CCN(C(=O)C(C)C)C2)s1.I. The fraction of sp³-hybridized carbons (Fsp3) is 0.647. The number of thiophene rings is 1. The molecule has 24 heavy (non-hydrogen) atoms. The van der Waals surface area contributed by atoms with Crippen molar-refractivity contribution in [2.75, 3.05) is 20.1 Å². The Morgan fingerprint density at radius 3 is 2.71 bits per heavy atom. The predicted molar refractivity (Wildman–Crippen MR) is 112 cm³/mol. The number of nitrogens with zero attached hydrogens (tertiary/aromatic N) is 2. The van der Waals surface area contributed by atoms with Gasteiger partial charge in [0.05, 0.1) is 6.54 Å². The molecule has 1 aromatic rings. The number of carbonyl (C=O) groups is 1. The fourth-order valence-electron chi connectivity index (χ4n) is 2.71. The van der Waals surface area contributed by atoms with Crippen LogP contribution >= 0.6 is 35.3 Å². The molecular weight excluding hydrogens is 435 g/mol. The van der Waals surface area contributed by atoms with Crippen LogP contribution in [0.1, 0.15) is 36.9 Å². The van der Waals surface area contributed by atoms with Gasteiger partial charge in [-0.2, -0.15) is 0 Å². The van der Waals surface area contributed by atoms with Gasteiger partial charge < -0.3 is 15.5 Å². The maximum Gasteiger partial charge on any atom is 0.225 e. The molecule has 1 amide bonds. The van der Waals surface area contributed by atoms with Gasteiger partial charge in [-0.15, -0.1) is 35.3 Å². The second-order valence-corrected chi connectivity index (χ2v) is 7.47. The second-order valence-electron chi connectivity index (χ2n) is 6.22. The van der Waals surface area contributed by atoms with E-state index in [-0.39, 0.29) is 41.8 Å². The van der Waals surface area contributed by atoms with E-state index in [0.29, 0.717) is 0 Å². The number of rotatable bonds is 5. The molecule has 1 aliphatic heterocycles. The summed E-state index contributed by atoms with van der Waals surface area (Å²) in [4.78, 5) is 21.0. The molecule has 0 radical (unpaired) electrons. The van der Waals surface area contributed by atoms with Crippen molar-refractivity contribution in [3.05, 3.63) is 21.9 Å². The minimum Gasteiger partial charge on any atom is -0.352 e. The molecule has 2 heterocycles. The zero-order valence-corrected chi connectivity index (χ0v) is 18.1. The molecule has 5 nitrogen and oxygen atoms in total. The van der Waals surface area contributed by atoms with E-state index in [1.807, 2.05) is 30.1 Å². The minimum atomic E-state index is 0. The highest BCUT2D eigenvalue weighted by Crippen LogP contribution is 2.16. The zero-order chi connectivity index (χ0) is 16.8. The highest BCUT2D eigenvalue weighted by atomic mass is 127. The summed E-state index contributed by atoms with van der Waals surface area (Å²) < 4.78 is 0. The summed E-state index contributed by atoms with van der Waals surface area (Å²) in [6.07, 6.45) is 2.05. The molecule has 1 aromatic heterocycles. The van der Waals surface area contributed by atoms with Crippen molar-refractivity contribution >= 4 is 47.2 Å². The number of hydrogen-bond donors (Lipinski definition) is 2. The summed E-state index contributed by atoms with van der Waals surface area (Å²) in [5, 5.41) is 6.79. The van der Waals surface area contributed by atoms with E-state index < -0.39 is 0 Å². The van der Waals surface area contributed by atoms with Crippen LogP contribution in [-0.4, -0.2) is 42.9 Å². The van der Waals surface area contributed by atoms with E-state index in [1.54, 1.807) is 7.05 Å². The second kappa shape index (κ2) is 10.2. The molecule has 136 valence electrons. The van der Waals surface area contributed by atoms with Gasteiger partial charge in [0.25, 0.3) is 0 Å². The number of guanidine groups is 1. The number of aryl methyl sites for hydroxylation is 1. The number of halogens is 1. The summed E-state index contributed by atoms with van der Waals surface area (Å²) in [5.74, 6) is 1.11. The summed E-state index contributed by atoms with van der Waals surface area (Å²) in [7, 11) is 1.78. The van der Waals surface area contributed by atoms with Gasteiger partial charge in [-0.3, -0.25) is 9.79 Å². The smallest absolute Gasteiger partial charge is 0.225 e. The Labute approximate surface area is 166 Å². The first-order valence-corrected chi connectivity index (χ1v) is 9.18. The number of hydrogen-bond acceptors (Lipinski definition) is 3. The quantitative estimate of drug-likeness (QED) is 0.401. The Morgan fingerprint density at radius 2 is 2.12 bits per heavy atom. The number of aliphatic imine (C=N–C) groups is 1. The third kappa shape index (κ3) is 5.91. The van der Waals surface area contributed by atoms with Crippen molar-refractivity contribution in [2.45, 2.75) is 46.2 Å². The van der Waals surface area contributed by atoms with E-state index in [9.17, 15) is 4.79 Å². The first kappa shape index (κ1) is 21.2. The molecule has 1 fully saturated rings. The van der Waals surface area contributed by atoms with Crippen molar-refractivity contribution < 1.29 is 4.79 Å². The molecule has 0 saturated carbocycles. The minimum absolute atomic E-state index is 0. The molecular formula is C17H29IN4OS. The van der Waals surface area contributed by atoms with E-state index in [0.717, 1.165) is 38.4 Å². The predicted octanol–water partition coefficient (Wildman–Crippen LogP) is 2.85. The van der Waals surface area contributed by atoms with Crippen LogP contribution in [0.25, 0.3) is 0 Å². The molecule has 0 aliphatic carbocycles. The van der Waals surface area contributed by atoms with Gasteiger partial charge in [0.1, 0.15) is 0 Å². The Balaban J connectivity index is 0.00000288. The molecule has 1 atom stereocenters. The summed E-state index contributed by atoms with van der Waals surface area (Å²) in [6.45, 7) is 8.46. The van der Waals surface area contributed by atoms with E-state index in [1.165, 1.54) is 9.75 Å². The number of amides is 1. The summed E-state index contributed by atoms with van der Waals surface area (Å²) in [5.41, 5.74) is 0. The van der Waals surface area contributed by atoms with Crippen molar-refractivity contribution in [1.82, 2.24) is 15.5 Å². The van der Waals surface area contributed by atoms with Crippen LogP contribution in [0, 0.1) is 5.92 Å².